The van der Waals surface area contributed by atoms with Crippen molar-refractivity contribution in [3.63, 3.8) is 0 Å². The fourth-order valence-corrected chi connectivity index (χ4v) is 12.1. The Bertz CT molecular complexity index is 3360. The zero-order valence-electron chi connectivity index (χ0n) is 46.3. The molecule has 0 spiro atoms. The summed E-state index contributed by atoms with van der Waals surface area (Å²) in [5.74, 6) is -4.28. The highest BCUT2D eigenvalue weighted by molar-refractivity contribution is 8.00. The van der Waals surface area contributed by atoms with E-state index in [4.69, 9.17) is 18.9 Å². The van der Waals surface area contributed by atoms with Crippen LogP contribution in [0.2, 0.25) is 0 Å². The monoisotopic (exact) mass is 1270 g/mol. The summed E-state index contributed by atoms with van der Waals surface area (Å²) in [6.07, 6.45) is -5.01. The molecule has 2 amide bonds. The molecule has 0 bridgehead atoms. The summed E-state index contributed by atoms with van der Waals surface area (Å²) in [6.45, 7) is 4.15. The Morgan fingerprint density at radius 2 is 0.875 bits per heavy atom. The van der Waals surface area contributed by atoms with Crippen LogP contribution in [-0.4, -0.2) is 99.0 Å². The number of rotatable bonds is 18. The maximum Gasteiger partial charge on any atom is 0.416 e. The van der Waals surface area contributed by atoms with Crippen LogP contribution in [0.15, 0.2) is 159 Å². The molecular weight excluding hydrogens is 1210 g/mol. The van der Waals surface area contributed by atoms with Crippen LogP contribution in [0.5, 0.6) is 0 Å². The van der Waals surface area contributed by atoms with Crippen LogP contribution in [-0.2, 0) is 55.6 Å². The Kier molecular flexibility index (Phi) is 20.4. The van der Waals surface area contributed by atoms with Crippen LogP contribution in [0.1, 0.15) is 80.5 Å². The number of ether oxygens (including phenoxy) is 4. The van der Waals surface area contributed by atoms with Crippen LogP contribution < -0.4 is 10.6 Å². The first-order valence-corrected chi connectivity index (χ1v) is 28.7. The third-order valence-corrected chi connectivity index (χ3v) is 17.1. The second-order valence-electron chi connectivity index (χ2n) is 20.4. The van der Waals surface area contributed by atoms with Gasteiger partial charge in [0.05, 0.1) is 61.1 Å². The van der Waals surface area contributed by atoms with E-state index in [1.807, 2.05) is 0 Å². The Balaban J connectivity index is 0.000000209. The van der Waals surface area contributed by atoms with E-state index in [9.17, 15) is 63.7 Å². The number of benzene rings is 6. The standard InChI is InChI=1S/2C30H27F5N4O4S/c2*1-18(29(41,15-39-17-36-16-37-39)25-11-8-22(31)12-26(25)32)44-24-13-42-28(43-14-24)20-4-2-19(3-5-20)27(40)38-23-9-6-21(7-10-23)30(33,34)35/h2*2-12,16-18,24,28,41H,13-15H2,1H3,(H,38,40)/t2*18-,24?,28?,29-/m11/s1. The molecular formula is C60H54F10N8O8S2. The van der Waals surface area contributed by atoms with E-state index >= 15 is 0 Å². The summed E-state index contributed by atoms with van der Waals surface area (Å²) >= 11 is 2.65. The van der Waals surface area contributed by atoms with E-state index in [0.29, 0.717) is 11.1 Å². The SMILES string of the molecule is C[C@@H](SC1COC(c2ccc(C(=O)Nc3ccc(C(F)(F)F)cc3)cc2)OC1)[C@](O)(Cn1cncn1)c1ccc(F)cc1F.C[C@@H](SC1COC(c2ccc(C(=O)Nc3ccc(C(F)(F)F)cc3)cc2)OC1)[C@](O)(Cn1cncn1)c1ccc(F)cc1F. The van der Waals surface area contributed by atoms with Crippen molar-refractivity contribution in [1.29, 1.82) is 0 Å². The summed E-state index contributed by atoms with van der Waals surface area (Å²) in [5.41, 5.74) is -3.03. The van der Waals surface area contributed by atoms with Gasteiger partial charge in [0.1, 0.15) is 59.8 Å². The average Bonchev–Trinajstić information content (AvgIpc) is 1.28. The summed E-state index contributed by atoms with van der Waals surface area (Å²) in [6, 6.07) is 27.1. The molecule has 2 aromatic heterocycles. The Morgan fingerprint density at radius 1 is 0.534 bits per heavy atom. The molecule has 28 heteroatoms. The molecule has 4 heterocycles. The second kappa shape index (κ2) is 27.8. The molecule has 16 nitrogen and oxygen atoms in total. The van der Waals surface area contributed by atoms with Gasteiger partial charge in [-0.15, -0.1) is 23.5 Å². The molecule has 464 valence electrons. The highest BCUT2D eigenvalue weighted by atomic mass is 32.2. The van der Waals surface area contributed by atoms with Gasteiger partial charge >= 0.3 is 12.4 Å². The second-order valence-corrected chi connectivity index (χ2v) is 23.7. The fraction of sp³-hybridized carbons (Fsp3) is 0.300. The molecule has 0 aliphatic carbocycles. The Morgan fingerprint density at radius 3 is 1.17 bits per heavy atom. The lowest BCUT2D eigenvalue weighted by Gasteiger charge is -2.37. The number of hydrogen-bond donors (Lipinski definition) is 4. The zero-order chi connectivity index (χ0) is 63.0. The topological polar surface area (TPSA) is 197 Å². The molecule has 4 atom stereocenters. The summed E-state index contributed by atoms with van der Waals surface area (Å²) < 4.78 is 160. The van der Waals surface area contributed by atoms with Crippen molar-refractivity contribution in [2.24, 2.45) is 0 Å². The van der Waals surface area contributed by atoms with E-state index < -0.39 is 92.8 Å². The van der Waals surface area contributed by atoms with Gasteiger partial charge in [-0.3, -0.25) is 9.59 Å². The van der Waals surface area contributed by atoms with E-state index in [0.717, 1.165) is 48.5 Å². The molecule has 2 fully saturated rings. The molecule has 0 unspecified atom stereocenters. The number of alkyl halides is 6. The van der Waals surface area contributed by atoms with Gasteiger partial charge in [0.2, 0.25) is 0 Å². The van der Waals surface area contributed by atoms with Gasteiger partial charge in [0.15, 0.2) is 12.6 Å². The predicted molar refractivity (Wildman–Crippen MR) is 303 cm³/mol. The quantitative estimate of drug-likeness (QED) is 0.0592. The van der Waals surface area contributed by atoms with E-state index in [2.05, 4.69) is 30.8 Å². The minimum Gasteiger partial charge on any atom is -0.382 e. The molecule has 4 N–H and O–H groups in total. The van der Waals surface area contributed by atoms with Gasteiger partial charge in [0.25, 0.3) is 11.8 Å². The summed E-state index contributed by atoms with van der Waals surface area (Å²) in [4.78, 5) is 32.9. The number of halogens is 10. The number of aromatic nitrogens is 6. The molecule has 2 aliphatic rings. The number of thioether (sulfide) groups is 2. The number of carbonyl (C=O) groups is 2. The van der Waals surface area contributed by atoms with E-state index in [1.54, 1.807) is 62.4 Å². The first-order valence-electron chi connectivity index (χ1n) is 26.8. The molecule has 0 saturated carbocycles. The number of amides is 2. The molecule has 0 radical (unpaired) electrons. The van der Waals surface area contributed by atoms with Crippen molar-refractivity contribution in [3.8, 4) is 0 Å². The van der Waals surface area contributed by atoms with Crippen molar-refractivity contribution in [1.82, 2.24) is 29.5 Å². The number of anilines is 2. The molecule has 88 heavy (non-hydrogen) atoms. The van der Waals surface area contributed by atoms with Gasteiger partial charge in [-0.25, -0.2) is 36.9 Å². The van der Waals surface area contributed by atoms with Crippen LogP contribution in [0.3, 0.4) is 0 Å². The lowest BCUT2D eigenvalue weighted by molar-refractivity contribution is -0.180. The smallest absolute Gasteiger partial charge is 0.382 e. The van der Waals surface area contributed by atoms with Gasteiger partial charge in [0, 0.05) is 67.4 Å². The summed E-state index contributed by atoms with van der Waals surface area (Å²) in [7, 11) is 0. The minimum absolute atomic E-state index is 0.0765. The molecule has 6 aromatic carbocycles. The molecule has 2 saturated heterocycles. The molecule has 2 aliphatic heterocycles. The zero-order valence-corrected chi connectivity index (χ0v) is 48.0. The molecule has 10 rings (SSSR count). The van der Waals surface area contributed by atoms with Crippen molar-refractivity contribution < 1.29 is 82.7 Å². The van der Waals surface area contributed by atoms with Crippen LogP contribution in [0.25, 0.3) is 0 Å². The lowest BCUT2D eigenvalue weighted by atomic mass is 9.90. The van der Waals surface area contributed by atoms with Gasteiger partial charge in [-0.1, -0.05) is 50.2 Å². The van der Waals surface area contributed by atoms with Crippen LogP contribution in [0.4, 0.5) is 55.3 Å². The first-order chi connectivity index (χ1) is 41.8. The largest absolute Gasteiger partial charge is 0.416 e. The average molecular weight is 1270 g/mol. The van der Waals surface area contributed by atoms with Gasteiger partial charge in [-0.05, 0) is 84.9 Å². The Labute approximate surface area is 504 Å². The number of nitrogens with zero attached hydrogens (tertiary/aromatic N) is 6. The van der Waals surface area contributed by atoms with Crippen molar-refractivity contribution in [3.05, 3.63) is 227 Å². The van der Waals surface area contributed by atoms with Crippen LogP contribution >= 0.6 is 23.5 Å². The highest BCUT2D eigenvalue weighted by Crippen LogP contribution is 2.42. The third kappa shape index (κ3) is 16.1. The van der Waals surface area contributed by atoms with E-state index in [-0.39, 0.29) is 83.6 Å². The highest BCUT2D eigenvalue weighted by Gasteiger charge is 2.43. The maximum absolute atomic E-state index is 14.8. The van der Waals surface area contributed by atoms with E-state index in [1.165, 1.54) is 94.6 Å². The van der Waals surface area contributed by atoms with Crippen molar-refractivity contribution in [2.75, 3.05) is 37.1 Å². The normalized spacial score (nSPS) is 19.2. The predicted octanol–water partition coefficient (Wildman–Crippen LogP) is 11.9. The van der Waals surface area contributed by atoms with Crippen molar-refractivity contribution in [2.45, 2.75) is 84.1 Å². The molecule has 8 aromatic rings. The maximum atomic E-state index is 14.8. The van der Waals surface area contributed by atoms with Crippen LogP contribution in [0, 0.1) is 23.3 Å². The Hall–Kier alpha value is -7.70. The third-order valence-electron chi connectivity index (χ3n) is 14.2. The minimum atomic E-state index is -4.47. The lowest BCUT2D eigenvalue weighted by Crippen LogP contribution is -2.43. The van der Waals surface area contributed by atoms with Gasteiger partial charge in [-0.2, -0.15) is 36.5 Å². The number of aliphatic hydroxyl groups is 2. The number of carbonyl (C=O) groups excluding carboxylic acids is 2. The van der Waals surface area contributed by atoms with Crippen molar-refractivity contribution >= 4 is 46.7 Å². The fourth-order valence-electron chi connectivity index (χ4n) is 9.46. The summed E-state index contributed by atoms with van der Waals surface area (Å²) in [5, 5.41) is 34.9. The van der Waals surface area contributed by atoms with Gasteiger partial charge < -0.3 is 39.8 Å². The number of nitrogens with one attached hydrogen (secondary N) is 2. The first kappa shape index (κ1) is 64.8. The number of hydrogen-bond acceptors (Lipinski definition) is 14.